The predicted molar refractivity (Wildman–Crippen MR) is 238 cm³/mol. The molecular formula is C50H45N5OS2. The third kappa shape index (κ3) is 8.86. The van der Waals surface area contributed by atoms with Gasteiger partial charge in [-0.25, -0.2) is 0 Å². The van der Waals surface area contributed by atoms with Crippen LogP contribution in [0.3, 0.4) is 0 Å². The maximum absolute atomic E-state index is 9.48. The predicted octanol–water partition coefficient (Wildman–Crippen LogP) is 14.4. The van der Waals surface area contributed by atoms with Gasteiger partial charge in [-0.15, -0.1) is 22.7 Å². The van der Waals surface area contributed by atoms with Crippen LogP contribution in [-0.4, -0.2) is 6.54 Å². The van der Waals surface area contributed by atoms with Crippen molar-refractivity contribution >= 4 is 46.2 Å². The molecule has 0 fully saturated rings. The minimum absolute atomic E-state index is 0.0279. The second-order valence-electron chi connectivity index (χ2n) is 16.8. The minimum atomic E-state index is -0.0279. The molecule has 0 atom stereocenters. The van der Waals surface area contributed by atoms with E-state index in [4.69, 9.17) is 4.74 Å². The Labute approximate surface area is 350 Å². The lowest BCUT2D eigenvalue weighted by Gasteiger charge is -2.33. The SMILES string of the molecule is CCCCN1c2ccc(-c3ccc(/C=C/C4=CC(=C(C#N)C#N)CC(C)(C)C4)s3)cc2Oc2cc(-c3ccc(/C=C/C4=CC(=C(C#N)C#N)CC(C)(C)C4)s3)ccc21. The van der Waals surface area contributed by atoms with Crippen molar-refractivity contribution in [2.45, 2.75) is 73.1 Å². The Bertz CT molecular complexity index is 2430. The smallest absolute Gasteiger partial charge is 0.151 e. The first kappa shape index (κ1) is 40.1. The summed E-state index contributed by atoms with van der Waals surface area (Å²) in [6.07, 6.45) is 17.9. The van der Waals surface area contributed by atoms with Crippen molar-refractivity contribution in [1.82, 2.24) is 0 Å². The van der Waals surface area contributed by atoms with Crippen molar-refractivity contribution in [1.29, 1.82) is 21.0 Å². The van der Waals surface area contributed by atoms with Gasteiger partial charge in [0.05, 0.1) is 11.4 Å². The van der Waals surface area contributed by atoms with Gasteiger partial charge in [-0.05, 0) is 137 Å². The van der Waals surface area contributed by atoms with E-state index >= 15 is 0 Å². The highest BCUT2D eigenvalue weighted by atomic mass is 32.1. The van der Waals surface area contributed by atoms with Crippen molar-refractivity contribution in [2.24, 2.45) is 10.8 Å². The summed E-state index contributed by atoms with van der Waals surface area (Å²) in [6, 6.07) is 29.9. The Morgan fingerprint density at radius 1 is 0.638 bits per heavy atom. The molecule has 1 aliphatic heterocycles. The van der Waals surface area contributed by atoms with Crippen molar-refractivity contribution in [3.05, 3.63) is 128 Å². The van der Waals surface area contributed by atoms with E-state index in [1.54, 1.807) is 22.7 Å². The Morgan fingerprint density at radius 2 is 1.09 bits per heavy atom. The summed E-state index contributed by atoms with van der Waals surface area (Å²) in [5.41, 5.74) is 8.54. The normalized spacial score (nSPS) is 16.6. The van der Waals surface area contributed by atoms with Gasteiger partial charge in [0.15, 0.2) is 11.5 Å². The van der Waals surface area contributed by atoms with Crippen molar-refractivity contribution in [3.63, 3.8) is 0 Å². The van der Waals surface area contributed by atoms with Gasteiger partial charge in [0.1, 0.15) is 35.4 Å². The Morgan fingerprint density at radius 3 is 1.50 bits per heavy atom. The first-order valence-corrected chi connectivity index (χ1v) is 21.3. The summed E-state index contributed by atoms with van der Waals surface area (Å²) in [6.45, 7) is 11.8. The van der Waals surface area contributed by atoms with Gasteiger partial charge in [0.2, 0.25) is 0 Å². The molecule has 0 unspecified atom stereocenters. The van der Waals surface area contributed by atoms with Crippen molar-refractivity contribution < 1.29 is 4.74 Å². The molecular weight excluding hydrogens is 751 g/mol. The Balaban J connectivity index is 1.12. The molecule has 7 rings (SSSR count). The van der Waals surface area contributed by atoms with E-state index in [9.17, 15) is 21.0 Å². The molecule has 3 heterocycles. The molecule has 288 valence electrons. The van der Waals surface area contributed by atoms with Crippen molar-refractivity contribution in [3.8, 4) is 56.7 Å². The molecule has 0 spiro atoms. The highest BCUT2D eigenvalue weighted by molar-refractivity contribution is 7.16. The van der Waals surface area contributed by atoms with Crippen LogP contribution < -0.4 is 9.64 Å². The summed E-state index contributed by atoms with van der Waals surface area (Å²) in [5.74, 6) is 1.68. The molecule has 0 radical (unpaired) electrons. The zero-order valence-electron chi connectivity index (χ0n) is 33.6. The lowest BCUT2D eigenvalue weighted by atomic mass is 9.74. The molecule has 2 aromatic heterocycles. The summed E-state index contributed by atoms with van der Waals surface area (Å²) >= 11 is 3.45. The van der Waals surface area contributed by atoms with E-state index in [0.717, 1.165) is 108 Å². The quantitative estimate of drug-likeness (QED) is 0.156. The molecule has 0 saturated carbocycles. The van der Waals surface area contributed by atoms with E-state index < -0.39 is 0 Å². The Kier molecular flexibility index (Phi) is 11.6. The van der Waals surface area contributed by atoms with E-state index in [-0.39, 0.29) is 22.0 Å². The van der Waals surface area contributed by atoms with Gasteiger partial charge >= 0.3 is 0 Å². The molecule has 2 aromatic carbocycles. The van der Waals surface area contributed by atoms with Gasteiger partial charge in [0, 0.05) is 26.1 Å². The highest BCUT2D eigenvalue weighted by Crippen LogP contribution is 2.50. The number of nitriles is 4. The number of anilines is 2. The standard InChI is InChI=1S/C50H45N5OS2/c1-6-7-20-55-43-16-10-35(47-18-14-41(57-47)12-8-33-21-37(39(29-51)30-52)27-49(2,3)25-33)23-45(43)56-46-24-36(11-17-44(46)55)48-19-15-42(58-48)13-9-34-22-38(40(31-53)32-54)28-50(4,5)26-34/h8-19,21-24H,6-7,20,25-28H2,1-5H3/b12-8+,13-9+. The first-order valence-electron chi connectivity index (χ1n) is 19.7. The molecule has 0 bridgehead atoms. The van der Waals surface area contributed by atoms with Gasteiger partial charge in [-0.2, -0.15) is 21.0 Å². The van der Waals surface area contributed by atoms with Gasteiger partial charge in [0.25, 0.3) is 0 Å². The number of unbranched alkanes of at least 4 members (excludes halogenated alkanes) is 1. The van der Waals surface area contributed by atoms with E-state index in [2.05, 4.69) is 149 Å². The van der Waals surface area contributed by atoms with Gasteiger partial charge < -0.3 is 9.64 Å². The third-order valence-corrected chi connectivity index (χ3v) is 12.9. The number of fused-ring (bicyclic) bond motifs is 2. The molecule has 0 amide bonds. The maximum atomic E-state index is 9.48. The monoisotopic (exact) mass is 795 g/mol. The number of thiophene rings is 2. The van der Waals surface area contributed by atoms with Crippen LogP contribution >= 0.6 is 22.7 Å². The largest absolute Gasteiger partial charge is 0.453 e. The zero-order valence-corrected chi connectivity index (χ0v) is 35.3. The van der Waals surface area contributed by atoms with Crippen LogP contribution in [-0.2, 0) is 0 Å². The lowest BCUT2D eigenvalue weighted by molar-refractivity contribution is 0.354. The van der Waals surface area contributed by atoms with Crippen LogP contribution in [0.25, 0.3) is 33.0 Å². The van der Waals surface area contributed by atoms with E-state index in [0.29, 0.717) is 12.8 Å². The lowest BCUT2D eigenvalue weighted by Crippen LogP contribution is -2.22. The first-order chi connectivity index (χ1) is 27.9. The molecule has 8 heteroatoms. The molecule has 3 aliphatic rings. The minimum Gasteiger partial charge on any atom is -0.453 e. The number of nitrogens with zero attached hydrogens (tertiary/aromatic N) is 5. The second kappa shape index (κ2) is 16.7. The molecule has 6 nitrogen and oxygen atoms in total. The molecule has 58 heavy (non-hydrogen) atoms. The number of hydrogen-bond acceptors (Lipinski definition) is 8. The van der Waals surface area contributed by atoms with Gasteiger partial charge in [-0.3, -0.25) is 0 Å². The average molecular weight is 796 g/mol. The van der Waals surface area contributed by atoms with E-state index in [1.165, 1.54) is 0 Å². The van der Waals surface area contributed by atoms with E-state index in [1.807, 2.05) is 12.2 Å². The van der Waals surface area contributed by atoms with Crippen LogP contribution in [0.2, 0.25) is 0 Å². The van der Waals surface area contributed by atoms with Crippen LogP contribution in [0.5, 0.6) is 11.5 Å². The number of hydrogen-bond donors (Lipinski definition) is 0. The topological polar surface area (TPSA) is 108 Å². The third-order valence-electron chi connectivity index (χ3n) is 10.7. The summed E-state index contributed by atoms with van der Waals surface area (Å²) < 4.78 is 6.74. The van der Waals surface area contributed by atoms with Crippen LogP contribution in [0.15, 0.2) is 118 Å². The fourth-order valence-corrected chi connectivity index (χ4v) is 9.92. The number of rotatable bonds is 9. The molecule has 2 aliphatic carbocycles. The highest BCUT2D eigenvalue weighted by Gasteiger charge is 2.29. The fourth-order valence-electron chi connectivity index (χ4n) is 8.11. The summed E-state index contributed by atoms with van der Waals surface area (Å²) in [7, 11) is 0. The molecule has 0 N–H and O–H groups in total. The number of benzene rings is 2. The number of ether oxygens (including phenoxy) is 1. The zero-order chi connectivity index (χ0) is 41.0. The second-order valence-corrected chi connectivity index (χ2v) is 19.0. The molecule has 4 aromatic rings. The maximum Gasteiger partial charge on any atom is 0.151 e. The molecule has 0 saturated heterocycles. The number of allylic oxidation sites excluding steroid dienone is 10. The summed E-state index contributed by atoms with van der Waals surface area (Å²) in [5, 5.41) is 37.9. The van der Waals surface area contributed by atoms with Crippen LogP contribution in [0.4, 0.5) is 11.4 Å². The Hall–Kier alpha value is -6.16. The van der Waals surface area contributed by atoms with Crippen molar-refractivity contribution in [2.75, 3.05) is 11.4 Å². The average Bonchev–Trinajstić information content (AvgIpc) is 3.88. The van der Waals surface area contributed by atoms with Crippen LogP contribution in [0, 0.1) is 56.2 Å². The van der Waals surface area contributed by atoms with Gasteiger partial charge in [-0.1, -0.05) is 77.5 Å². The summed E-state index contributed by atoms with van der Waals surface area (Å²) in [4.78, 5) is 6.93. The van der Waals surface area contributed by atoms with Crippen LogP contribution in [0.1, 0.15) is 82.9 Å². The fraction of sp³-hybridized carbons (Fsp3) is 0.280.